The zero-order valence-corrected chi connectivity index (χ0v) is 12.1. The highest BCUT2D eigenvalue weighted by Crippen LogP contribution is 2.25. The third-order valence-electron chi connectivity index (χ3n) is 3.59. The lowest BCUT2D eigenvalue weighted by atomic mass is 10.0. The second-order valence-electron chi connectivity index (χ2n) is 6.40. The Kier molecular flexibility index (Phi) is 4.44. The molecule has 3 nitrogen and oxygen atoms in total. The lowest BCUT2D eigenvalue weighted by Gasteiger charge is -2.26. The van der Waals surface area contributed by atoms with Gasteiger partial charge < -0.3 is 10.2 Å². The van der Waals surface area contributed by atoms with Crippen molar-refractivity contribution in [3.8, 4) is 0 Å². The summed E-state index contributed by atoms with van der Waals surface area (Å²) in [5.41, 5.74) is 1.77. The highest BCUT2D eigenvalue weighted by atomic mass is 15.2. The van der Waals surface area contributed by atoms with Gasteiger partial charge in [0.25, 0.3) is 0 Å². The summed E-state index contributed by atoms with van der Waals surface area (Å²) < 4.78 is 0. The number of nitrogens with one attached hydrogen (secondary N) is 1. The van der Waals surface area contributed by atoms with E-state index in [1.54, 1.807) is 5.57 Å². The predicted octanol–water partition coefficient (Wildman–Crippen LogP) is 2.94. The molecule has 0 unspecified atom stereocenters. The van der Waals surface area contributed by atoms with Crippen molar-refractivity contribution in [3.63, 3.8) is 0 Å². The number of hydrogen-bond donors (Lipinski definition) is 1. The third kappa shape index (κ3) is 3.84. The van der Waals surface area contributed by atoms with Gasteiger partial charge >= 0.3 is 0 Å². The van der Waals surface area contributed by atoms with Gasteiger partial charge in [-0.05, 0) is 65.0 Å². The lowest BCUT2D eigenvalue weighted by Crippen LogP contribution is -2.36. The van der Waals surface area contributed by atoms with Crippen LogP contribution in [0.2, 0.25) is 0 Å². The van der Waals surface area contributed by atoms with E-state index in [1.807, 2.05) is 0 Å². The van der Waals surface area contributed by atoms with Crippen LogP contribution in [0, 0.1) is 0 Å². The Morgan fingerprint density at radius 3 is 2.67 bits per heavy atom. The quantitative estimate of drug-likeness (QED) is 0.829. The highest BCUT2D eigenvalue weighted by molar-refractivity contribution is 5.61. The van der Waals surface area contributed by atoms with Crippen LogP contribution in [0.1, 0.15) is 52.9 Å². The fourth-order valence-corrected chi connectivity index (χ4v) is 2.65. The number of likely N-dealkylation sites (tertiary alicyclic amines) is 1. The normalized spacial score (nSPS) is 20.9. The van der Waals surface area contributed by atoms with E-state index in [9.17, 15) is 0 Å². The van der Waals surface area contributed by atoms with E-state index in [2.05, 4.69) is 42.2 Å². The van der Waals surface area contributed by atoms with E-state index in [0.717, 1.165) is 19.4 Å². The maximum atomic E-state index is 4.66. The molecule has 0 radical (unpaired) electrons. The second-order valence-corrected chi connectivity index (χ2v) is 6.40. The van der Waals surface area contributed by atoms with E-state index in [1.165, 1.54) is 38.2 Å². The van der Waals surface area contributed by atoms with E-state index < -0.39 is 0 Å². The topological polar surface area (TPSA) is 27.6 Å². The van der Waals surface area contributed by atoms with Gasteiger partial charge in [0.15, 0.2) is 0 Å². The summed E-state index contributed by atoms with van der Waals surface area (Å²) in [6.45, 7) is 10.1. The molecule has 0 aromatic carbocycles. The molecule has 2 heterocycles. The Labute approximate surface area is 111 Å². The Morgan fingerprint density at radius 1 is 1.28 bits per heavy atom. The first-order chi connectivity index (χ1) is 8.56. The molecule has 1 fully saturated rings. The molecular weight excluding hydrogens is 222 g/mol. The van der Waals surface area contributed by atoms with Gasteiger partial charge in [-0.2, -0.15) is 0 Å². The average molecular weight is 249 g/mol. The second kappa shape index (κ2) is 5.87. The van der Waals surface area contributed by atoms with Crippen molar-refractivity contribution < 1.29 is 0 Å². The molecule has 0 spiro atoms. The third-order valence-corrected chi connectivity index (χ3v) is 3.59. The minimum Gasteiger partial charge on any atom is -0.357 e. The van der Waals surface area contributed by atoms with Gasteiger partial charge in [-0.1, -0.05) is 0 Å². The molecule has 102 valence electrons. The van der Waals surface area contributed by atoms with Crippen LogP contribution in [-0.4, -0.2) is 36.3 Å². The van der Waals surface area contributed by atoms with Crippen molar-refractivity contribution in [2.45, 2.75) is 58.4 Å². The average Bonchev–Trinajstić information content (AvgIpc) is 2.81. The van der Waals surface area contributed by atoms with E-state index >= 15 is 0 Å². The molecule has 1 N–H and O–H groups in total. The zero-order chi connectivity index (χ0) is 13.0. The van der Waals surface area contributed by atoms with Gasteiger partial charge in [-0.15, -0.1) is 0 Å². The smallest absolute Gasteiger partial charge is 0.127 e. The molecule has 0 saturated carbocycles. The number of nitrogens with zero attached hydrogens (tertiary/aromatic N) is 2. The monoisotopic (exact) mass is 249 g/mol. The van der Waals surface area contributed by atoms with Crippen LogP contribution < -0.4 is 5.32 Å². The molecule has 2 aliphatic rings. The summed E-state index contributed by atoms with van der Waals surface area (Å²) in [7, 11) is 0. The van der Waals surface area contributed by atoms with Crippen LogP contribution in [0.25, 0.3) is 0 Å². The number of rotatable bonds is 4. The molecule has 18 heavy (non-hydrogen) atoms. The molecule has 1 saturated heterocycles. The number of aliphatic imine (C=N–C) groups is 1. The van der Waals surface area contributed by atoms with E-state index in [-0.39, 0.29) is 5.54 Å². The molecule has 2 aliphatic heterocycles. The molecule has 0 aromatic heterocycles. The Balaban J connectivity index is 1.95. The molecule has 0 aliphatic carbocycles. The molecule has 0 aromatic rings. The molecule has 0 amide bonds. The minimum absolute atomic E-state index is 0.215. The van der Waals surface area contributed by atoms with Gasteiger partial charge in [0.05, 0.1) is 0 Å². The van der Waals surface area contributed by atoms with Crippen molar-refractivity contribution in [1.82, 2.24) is 10.2 Å². The van der Waals surface area contributed by atoms with Crippen molar-refractivity contribution >= 4 is 6.21 Å². The molecule has 2 rings (SSSR count). The summed E-state index contributed by atoms with van der Waals surface area (Å²) in [5.74, 6) is 1.29. The van der Waals surface area contributed by atoms with Crippen molar-refractivity contribution in [2.24, 2.45) is 4.99 Å². The summed E-state index contributed by atoms with van der Waals surface area (Å²) in [5, 5.41) is 3.58. The van der Waals surface area contributed by atoms with Gasteiger partial charge in [-0.3, -0.25) is 0 Å². The van der Waals surface area contributed by atoms with Crippen LogP contribution in [0.4, 0.5) is 0 Å². The standard InChI is InChI=1S/C15H27N3/c1-15(2,3)17-10-8-13-7-6-9-16-14(13)18-11-4-5-12-18/h9,17H,4-8,10-12H2,1-3H3. The SMILES string of the molecule is CC(C)(C)NCCC1=C(N2CCCC2)N=CCC1. The molecule has 0 bridgehead atoms. The molecule has 0 atom stereocenters. The summed E-state index contributed by atoms with van der Waals surface area (Å²) in [6, 6.07) is 0. The van der Waals surface area contributed by atoms with Gasteiger partial charge in [0, 0.05) is 24.8 Å². The zero-order valence-electron chi connectivity index (χ0n) is 12.1. The van der Waals surface area contributed by atoms with Gasteiger partial charge in [0.1, 0.15) is 5.82 Å². The van der Waals surface area contributed by atoms with Gasteiger partial charge in [-0.25, -0.2) is 4.99 Å². The van der Waals surface area contributed by atoms with E-state index in [0.29, 0.717) is 0 Å². The largest absolute Gasteiger partial charge is 0.357 e. The van der Waals surface area contributed by atoms with Gasteiger partial charge in [0.2, 0.25) is 0 Å². The Morgan fingerprint density at radius 2 is 2.00 bits per heavy atom. The van der Waals surface area contributed by atoms with Crippen LogP contribution in [-0.2, 0) is 0 Å². The molecule has 3 heteroatoms. The Hall–Kier alpha value is -0.830. The first-order valence-electron chi connectivity index (χ1n) is 7.31. The first kappa shape index (κ1) is 13.6. The highest BCUT2D eigenvalue weighted by Gasteiger charge is 2.19. The fraction of sp³-hybridized carbons (Fsp3) is 0.800. The number of hydrogen-bond acceptors (Lipinski definition) is 3. The fourth-order valence-electron chi connectivity index (χ4n) is 2.65. The summed E-state index contributed by atoms with van der Waals surface area (Å²) in [6.07, 6.45) is 8.19. The van der Waals surface area contributed by atoms with Crippen LogP contribution in [0.15, 0.2) is 16.4 Å². The van der Waals surface area contributed by atoms with Crippen LogP contribution in [0.3, 0.4) is 0 Å². The van der Waals surface area contributed by atoms with Crippen LogP contribution >= 0.6 is 0 Å². The Bertz CT molecular complexity index is 330. The first-order valence-corrected chi connectivity index (χ1v) is 7.31. The maximum Gasteiger partial charge on any atom is 0.127 e. The van der Waals surface area contributed by atoms with Crippen LogP contribution in [0.5, 0.6) is 0 Å². The predicted molar refractivity (Wildman–Crippen MR) is 77.9 cm³/mol. The van der Waals surface area contributed by atoms with Crippen molar-refractivity contribution in [1.29, 1.82) is 0 Å². The summed E-state index contributed by atoms with van der Waals surface area (Å²) >= 11 is 0. The van der Waals surface area contributed by atoms with Crippen molar-refractivity contribution in [2.75, 3.05) is 19.6 Å². The lowest BCUT2D eigenvalue weighted by molar-refractivity contribution is 0.401. The minimum atomic E-state index is 0.215. The van der Waals surface area contributed by atoms with E-state index in [4.69, 9.17) is 0 Å². The molecular formula is C15H27N3. The maximum absolute atomic E-state index is 4.66. The summed E-state index contributed by atoms with van der Waals surface area (Å²) in [4.78, 5) is 7.14. The van der Waals surface area contributed by atoms with Crippen molar-refractivity contribution in [3.05, 3.63) is 11.4 Å².